The van der Waals surface area contributed by atoms with E-state index < -0.39 is 0 Å². The largest absolute Gasteiger partial charge is 0.384 e. The highest BCUT2D eigenvalue weighted by Gasteiger charge is 2.25. The summed E-state index contributed by atoms with van der Waals surface area (Å²) in [4.78, 5) is 14.4. The number of hydrogen-bond donors (Lipinski definition) is 1. The highest BCUT2D eigenvalue weighted by molar-refractivity contribution is 5.94. The molecule has 1 aromatic carbocycles. The summed E-state index contributed by atoms with van der Waals surface area (Å²) in [7, 11) is 1.67. The van der Waals surface area contributed by atoms with Crippen LogP contribution in [0.25, 0.3) is 0 Å². The van der Waals surface area contributed by atoms with Crippen molar-refractivity contribution in [2.45, 2.75) is 32.2 Å². The number of nitrogens with two attached hydrogens (primary N) is 1. The standard InChI is InChI=1S/C16H24N2O2/c1-12(11-20-2)10-16(19)18-9-5-7-14(17)13-6-3-4-8-15(13)18/h3-4,6,8,12,14H,5,7,9-11,17H2,1-2H3. The van der Waals surface area contributed by atoms with E-state index in [0.717, 1.165) is 30.6 Å². The van der Waals surface area contributed by atoms with Gasteiger partial charge >= 0.3 is 0 Å². The molecule has 0 fully saturated rings. The van der Waals surface area contributed by atoms with Crippen LogP contribution in [0.15, 0.2) is 24.3 Å². The summed E-state index contributed by atoms with van der Waals surface area (Å²) in [5.74, 6) is 0.396. The SMILES string of the molecule is COCC(C)CC(=O)N1CCCC(N)c2ccccc21. The Bertz CT molecular complexity index is 462. The fourth-order valence-electron chi connectivity index (χ4n) is 2.80. The fourth-order valence-corrected chi connectivity index (χ4v) is 2.80. The number of methoxy groups -OCH3 is 1. The molecular formula is C16H24N2O2. The number of hydrogen-bond acceptors (Lipinski definition) is 3. The molecule has 1 amide bonds. The van der Waals surface area contributed by atoms with Gasteiger partial charge in [-0.25, -0.2) is 0 Å². The van der Waals surface area contributed by atoms with Crippen molar-refractivity contribution in [2.75, 3.05) is 25.2 Å². The van der Waals surface area contributed by atoms with Gasteiger partial charge in [-0.2, -0.15) is 0 Å². The van der Waals surface area contributed by atoms with Crippen molar-refractivity contribution >= 4 is 11.6 Å². The normalized spacial score (nSPS) is 20.1. The lowest BCUT2D eigenvalue weighted by atomic mass is 10.0. The molecule has 1 heterocycles. The molecule has 0 aromatic heterocycles. The second-order valence-corrected chi connectivity index (χ2v) is 5.62. The molecule has 1 aliphatic heterocycles. The molecule has 2 unspecified atom stereocenters. The zero-order valence-corrected chi connectivity index (χ0v) is 12.3. The Labute approximate surface area is 120 Å². The highest BCUT2D eigenvalue weighted by Crippen LogP contribution is 2.31. The van der Waals surface area contributed by atoms with Gasteiger partial charge in [-0.1, -0.05) is 25.1 Å². The average molecular weight is 276 g/mol. The zero-order valence-electron chi connectivity index (χ0n) is 12.3. The molecule has 110 valence electrons. The van der Waals surface area contributed by atoms with Crippen molar-refractivity contribution in [3.63, 3.8) is 0 Å². The smallest absolute Gasteiger partial charge is 0.227 e. The molecular weight excluding hydrogens is 252 g/mol. The molecule has 20 heavy (non-hydrogen) atoms. The average Bonchev–Trinajstić information content (AvgIpc) is 2.59. The predicted molar refractivity (Wildman–Crippen MR) is 80.6 cm³/mol. The number of nitrogens with zero attached hydrogens (tertiary/aromatic N) is 1. The molecule has 0 bridgehead atoms. The maximum atomic E-state index is 12.5. The van der Waals surface area contributed by atoms with E-state index in [1.807, 2.05) is 36.1 Å². The van der Waals surface area contributed by atoms with Gasteiger partial charge in [0.05, 0.1) is 0 Å². The molecule has 1 aliphatic rings. The van der Waals surface area contributed by atoms with Crippen LogP contribution in [0, 0.1) is 5.92 Å². The van der Waals surface area contributed by atoms with Crippen LogP contribution in [0.4, 0.5) is 5.69 Å². The summed E-state index contributed by atoms with van der Waals surface area (Å²) in [6.07, 6.45) is 2.38. The molecule has 2 N–H and O–H groups in total. The van der Waals surface area contributed by atoms with Gasteiger partial charge in [0.2, 0.25) is 5.91 Å². The van der Waals surface area contributed by atoms with Crippen molar-refractivity contribution in [1.82, 2.24) is 0 Å². The fraction of sp³-hybridized carbons (Fsp3) is 0.562. The van der Waals surface area contributed by atoms with Crippen LogP contribution < -0.4 is 10.6 Å². The van der Waals surface area contributed by atoms with Crippen LogP contribution in [0.3, 0.4) is 0 Å². The van der Waals surface area contributed by atoms with Crippen molar-refractivity contribution < 1.29 is 9.53 Å². The number of para-hydroxylation sites is 1. The summed E-state index contributed by atoms with van der Waals surface area (Å²) in [5, 5.41) is 0. The summed E-state index contributed by atoms with van der Waals surface area (Å²) in [6, 6.07) is 8.01. The molecule has 0 saturated carbocycles. The van der Waals surface area contributed by atoms with E-state index in [1.165, 1.54) is 0 Å². The van der Waals surface area contributed by atoms with E-state index in [9.17, 15) is 4.79 Å². The topological polar surface area (TPSA) is 55.6 Å². The van der Waals surface area contributed by atoms with E-state index in [2.05, 4.69) is 0 Å². The third-order valence-corrected chi connectivity index (χ3v) is 3.80. The van der Waals surface area contributed by atoms with Crippen molar-refractivity contribution in [3.05, 3.63) is 29.8 Å². The third-order valence-electron chi connectivity index (χ3n) is 3.80. The summed E-state index contributed by atoms with van der Waals surface area (Å²) < 4.78 is 5.11. The lowest BCUT2D eigenvalue weighted by Gasteiger charge is -2.24. The number of anilines is 1. The lowest BCUT2D eigenvalue weighted by Crippen LogP contribution is -2.33. The molecule has 0 aliphatic carbocycles. The zero-order chi connectivity index (χ0) is 14.5. The van der Waals surface area contributed by atoms with Gasteiger partial charge in [0.25, 0.3) is 0 Å². The van der Waals surface area contributed by atoms with E-state index in [4.69, 9.17) is 10.5 Å². The van der Waals surface area contributed by atoms with Gasteiger partial charge in [-0.15, -0.1) is 0 Å². The summed E-state index contributed by atoms with van der Waals surface area (Å²) in [6.45, 7) is 3.40. The van der Waals surface area contributed by atoms with Gasteiger partial charge < -0.3 is 15.4 Å². The second kappa shape index (κ2) is 6.86. The molecule has 4 heteroatoms. The van der Waals surface area contributed by atoms with E-state index in [1.54, 1.807) is 7.11 Å². The van der Waals surface area contributed by atoms with Crippen molar-refractivity contribution in [2.24, 2.45) is 11.7 Å². The first-order valence-corrected chi connectivity index (χ1v) is 7.27. The Morgan fingerprint density at radius 1 is 1.50 bits per heavy atom. The van der Waals surface area contributed by atoms with E-state index in [0.29, 0.717) is 13.0 Å². The van der Waals surface area contributed by atoms with Crippen LogP contribution >= 0.6 is 0 Å². The van der Waals surface area contributed by atoms with Gasteiger partial charge in [-0.05, 0) is 30.4 Å². The first kappa shape index (κ1) is 15.0. The molecule has 0 spiro atoms. The predicted octanol–water partition coefficient (Wildman–Crippen LogP) is 2.49. The number of carbonyl (C=O) groups excluding carboxylic acids is 1. The molecule has 4 nitrogen and oxygen atoms in total. The van der Waals surface area contributed by atoms with Crippen molar-refractivity contribution in [1.29, 1.82) is 0 Å². The number of amides is 1. The molecule has 0 saturated heterocycles. The second-order valence-electron chi connectivity index (χ2n) is 5.62. The monoisotopic (exact) mass is 276 g/mol. The number of ether oxygens (including phenoxy) is 1. The Kier molecular flexibility index (Phi) is 5.15. The molecule has 0 radical (unpaired) electrons. The maximum absolute atomic E-state index is 12.5. The van der Waals surface area contributed by atoms with Gasteiger partial charge in [0, 0.05) is 38.4 Å². The van der Waals surface area contributed by atoms with E-state index in [-0.39, 0.29) is 17.9 Å². The minimum absolute atomic E-state index is 0.0281. The third kappa shape index (κ3) is 3.38. The first-order valence-electron chi connectivity index (χ1n) is 7.27. The number of benzene rings is 1. The van der Waals surface area contributed by atoms with Crippen LogP contribution in [0.1, 0.15) is 37.8 Å². The van der Waals surface area contributed by atoms with Crippen molar-refractivity contribution in [3.8, 4) is 0 Å². The quantitative estimate of drug-likeness (QED) is 0.919. The van der Waals surface area contributed by atoms with Crippen LogP contribution in [-0.4, -0.2) is 26.2 Å². The Morgan fingerprint density at radius 2 is 2.25 bits per heavy atom. The van der Waals surface area contributed by atoms with Gasteiger partial charge in [0.1, 0.15) is 0 Å². The Morgan fingerprint density at radius 3 is 3.00 bits per heavy atom. The van der Waals surface area contributed by atoms with Crippen LogP contribution in [0.5, 0.6) is 0 Å². The van der Waals surface area contributed by atoms with Gasteiger partial charge in [-0.3, -0.25) is 4.79 Å². The molecule has 1 aromatic rings. The van der Waals surface area contributed by atoms with E-state index >= 15 is 0 Å². The molecule has 2 rings (SSSR count). The Balaban J connectivity index is 2.19. The summed E-state index contributed by atoms with van der Waals surface area (Å²) in [5.41, 5.74) is 8.26. The van der Waals surface area contributed by atoms with Crippen LogP contribution in [0.2, 0.25) is 0 Å². The summed E-state index contributed by atoms with van der Waals surface area (Å²) >= 11 is 0. The minimum atomic E-state index is 0.0281. The maximum Gasteiger partial charge on any atom is 0.227 e. The lowest BCUT2D eigenvalue weighted by molar-refractivity contribution is -0.119. The highest BCUT2D eigenvalue weighted by atomic mass is 16.5. The minimum Gasteiger partial charge on any atom is -0.384 e. The number of carbonyl (C=O) groups is 1. The van der Waals surface area contributed by atoms with Crippen LogP contribution in [-0.2, 0) is 9.53 Å². The molecule has 2 atom stereocenters. The number of fused-ring (bicyclic) bond motifs is 1. The Hall–Kier alpha value is -1.39. The number of rotatable bonds is 4. The van der Waals surface area contributed by atoms with Gasteiger partial charge in [0.15, 0.2) is 0 Å². The first-order chi connectivity index (χ1) is 9.63.